The minimum Gasteiger partial charge on any atom is -0.0880 e. The summed E-state index contributed by atoms with van der Waals surface area (Å²) in [6, 6.07) is 0. The van der Waals surface area contributed by atoms with Gasteiger partial charge in [0.2, 0.25) is 0 Å². The van der Waals surface area contributed by atoms with Gasteiger partial charge in [-0.25, -0.2) is 0 Å². The Bertz CT molecular complexity index is 159. The monoisotopic (exact) mass is 164 g/mol. The van der Waals surface area contributed by atoms with Crippen molar-refractivity contribution in [1.29, 1.82) is 0 Å². The Morgan fingerprint density at radius 1 is 1.00 bits per heavy atom. The predicted octanol–water partition coefficient (Wildman–Crippen LogP) is 4.11. The molecule has 0 aliphatic rings. The van der Waals surface area contributed by atoms with E-state index in [2.05, 4.69) is 44.2 Å². The lowest BCUT2D eigenvalue weighted by molar-refractivity contribution is 0.823. The largest absolute Gasteiger partial charge is 0.0880 e. The molecule has 0 bridgehead atoms. The third kappa shape index (κ3) is 9.22. The molecule has 0 aromatic carbocycles. The van der Waals surface area contributed by atoms with Crippen molar-refractivity contribution in [2.45, 2.75) is 33.6 Å². The van der Waals surface area contributed by atoms with Gasteiger partial charge in [-0.1, -0.05) is 50.3 Å². The zero-order valence-electron chi connectivity index (χ0n) is 8.46. The molecule has 0 saturated heterocycles. The minimum absolute atomic E-state index is 0.685. The second kappa shape index (κ2) is 8.32. The fourth-order valence-corrected chi connectivity index (χ4v) is 0.847. The summed E-state index contributed by atoms with van der Waals surface area (Å²) in [4.78, 5) is 0. The molecule has 0 aliphatic carbocycles. The molecule has 0 heterocycles. The Hall–Kier alpha value is -0.780. The molecule has 0 heteroatoms. The highest BCUT2D eigenvalue weighted by Crippen LogP contribution is 1.98. The molecule has 0 aromatic rings. The van der Waals surface area contributed by atoms with Crippen LogP contribution < -0.4 is 0 Å². The fraction of sp³-hybridized carbons (Fsp3) is 0.500. The molecule has 0 unspecified atom stereocenters. The summed E-state index contributed by atoms with van der Waals surface area (Å²) in [5, 5.41) is 0. The summed E-state index contributed by atoms with van der Waals surface area (Å²) >= 11 is 0. The number of allylic oxidation sites excluding steroid dienone is 6. The quantitative estimate of drug-likeness (QED) is 0.326. The van der Waals surface area contributed by atoms with Gasteiger partial charge in [-0.15, -0.1) is 0 Å². The van der Waals surface area contributed by atoms with E-state index in [-0.39, 0.29) is 0 Å². The van der Waals surface area contributed by atoms with Crippen LogP contribution in [0.3, 0.4) is 0 Å². The molecule has 0 aliphatic heterocycles. The highest BCUT2D eigenvalue weighted by atomic mass is 13.9. The van der Waals surface area contributed by atoms with Crippen molar-refractivity contribution in [3.63, 3.8) is 0 Å². The Morgan fingerprint density at radius 2 is 1.67 bits per heavy atom. The average Bonchev–Trinajstić information content (AvgIpc) is 2.02. The van der Waals surface area contributed by atoms with Crippen LogP contribution in [0.2, 0.25) is 0 Å². The van der Waals surface area contributed by atoms with E-state index in [9.17, 15) is 0 Å². The summed E-state index contributed by atoms with van der Waals surface area (Å²) in [6.45, 7) is 6.43. The third-order valence-electron chi connectivity index (χ3n) is 1.46. The standard InChI is InChI=1S/C12H20/c1-4-5-6-7-8-9-10-11-12(2)3/h4-7,10-12H,8-9H2,1-3H3/b5-4-,7-6-,11-10+. The molecule has 0 N–H and O–H groups in total. The van der Waals surface area contributed by atoms with Gasteiger partial charge in [-0.3, -0.25) is 0 Å². The van der Waals surface area contributed by atoms with E-state index in [4.69, 9.17) is 0 Å². The first kappa shape index (κ1) is 11.2. The second-order valence-corrected chi connectivity index (χ2v) is 3.20. The first-order valence-corrected chi connectivity index (χ1v) is 4.72. The van der Waals surface area contributed by atoms with Crippen LogP contribution in [0, 0.1) is 5.92 Å². The van der Waals surface area contributed by atoms with Crippen molar-refractivity contribution in [2.24, 2.45) is 5.92 Å². The Kier molecular flexibility index (Phi) is 7.78. The molecule has 68 valence electrons. The lowest BCUT2D eigenvalue weighted by Crippen LogP contribution is -1.76. The van der Waals surface area contributed by atoms with Crippen LogP contribution in [-0.2, 0) is 0 Å². The highest BCUT2D eigenvalue weighted by molar-refractivity contribution is 5.01. The van der Waals surface area contributed by atoms with Gasteiger partial charge < -0.3 is 0 Å². The maximum atomic E-state index is 2.25. The van der Waals surface area contributed by atoms with E-state index in [1.807, 2.05) is 13.0 Å². The minimum atomic E-state index is 0.685. The van der Waals surface area contributed by atoms with Gasteiger partial charge in [0.1, 0.15) is 0 Å². The van der Waals surface area contributed by atoms with Crippen LogP contribution in [-0.4, -0.2) is 0 Å². The first-order valence-electron chi connectivity index (χ1n) is 4.72. The van der Waals surface area contributed by atoms with E-state index >= 15 is 0 Å². The van der Waals surface area contributed by atoms with Crippen molar-refractivity contribution in [2.75, 3.05) is 0 Å². The molecule has 12 heavy (non-hydrogen) atoms. The topological polar surface area (TPSA) is 0 Å². The Labute approximate surface area is 76.7 Å². The summed E-state index contributed by atoms with van der Waals surface area (Å²) in [5.74, 6) is 0.685. The number of unbranched alkanes of at least 4 members (excludes halogenated alkanes) is 1. The molecule has 0 spiro atoms. The summed E-state index contributed by atoms with van der Waals surface area (Å²) in [6.07, 6.45) is 15.2. The van der Waals surface area contributed by atoms with Crippen molar-refractivity contribution in [3.05, 3.63) is 36.5 Å². The molecular weight excluding hydrogens is 144 g/mol. The highest BCUT2D eigenvalue weighted by Gasteiger charge is 1.81. The van der Waals surface area contributed by atoms with Crippen molar-refractivity contribution < 1.29 is 0 Å². The molecule has 0 atom stereocenters. The van der Waals surface area contributed by atoms with Crippen LogP contribution in [0.1, 0.15) is 33.6 Å². The van der Waals surface area contributed by atoms with Gasteiger partial charge in [0, 0.05) is 0 Å². The van der Waals surface area contributed by atoms with E-state index in [0.29, 0.717) is 5.92 Å². The van der Waals surface area contributed by atoms with Gasteiger partial charge >= 0.3 is 0 Å². The molecule has 0 nitrogen and oxygen atoms in total. The summed E-state index contributed by atoms with van der Waals surface area (Å²) in [7, 11) is 0. The molecular formula is C12H20. The lowest BCUT2D eigenvalue weighted by Gasteiger charge is -1.91. The van der Waals surface area contributed by atoms with E-state index < -0.39 is 0 Å². The van der Waals surface area contributed by atoms with Crippen LogP contribution in [0.5, 0.6) is 0 Å². The van der Waals surface area contributed by atoms with E-state index in [1.54, 1.807) is 0 Å². The maximum absolute atomic E-state index is 2.25. The van der Waals surface area contributed by atoms with Crippen molar-refractivity contribution in [1.82, 2.24) is 0 Å². The molecule has 0 amide bonds. The zero-order chi connectivity index (χ0) is 9.23. The Morgan fingerprint density at radius 3 is 2.25 bits per heavy atom. The molecule has 0 fully saturated rings. The third-order valence-corrected chi connectivity index (χ3v) is 1.46. The van der Waals surface area contributed by atoms with Gasteiger partial charge in [-0.05, 0) is 25.7 Å². The lowest BCUT2D eigenvalue weighted by atomic mass is 10.2. The SMILES string of the molecule is C/C=C\C=C/CC/C=C/C(C)C. The summed E-state index contributed by atoms with van der Waals surface area (Å²) in [5.41, 5.74) is 0. The van der Waals surface area contributed by atoms with Gasteiger partial charge in [0.15, 0.2) is 0 Å². The zero-order valence-corrected chi connectivity index (χ0v) is 8.46. The van der Waals surface area contributed by atoms with Crippen LogP contribution >= 0.6 is 0 Å². The first-order chi connectivity index (χ1) is 5.77. The predicted molar refractivity (Wildman–Crippen MR) is 57.2 cm³/mol. The number of hydrogen-bond donors (Lipinski definition) is 0. The normalized spacial score (nSPS) is 13.0. The van der Waals surface area contributed by atoms with Crippen molar-refractivity contribution >= 4 is 0 Å². The van der Waals surface area contributed by atoms with Crippen LogP contribution in [0.25, 0.3) is 0 Å². The van der Waals surface area contributed by atoms with E-state index in [0.717, 1.165) is 12.8 Å². The smallest absolute Gasteiger partial charge is 0.0290 e. The van der Waals surface area contributed by atoms with Crippen LogP contribution in [0.4, 0.5) is 0 Å². The fourth-order valence-electron chi connectivity index (χ4n) is 0.847. The molecule has 0 radical (unpaired) electrons. The molecule has 0 aromatic heterocycles. The number of hydrogen-bond acceptors (Lipinski definition) is 0. The van der Waals surface area contributed by atoms with Crippen LogP contribution in [0.15, 0.2) is 36.5 Å². The van der Waals surface area contributed by atoms with E-state index in [1.165, 1.54) is 0 Å². The average molecular weight is 164 g/mol. The number of rotatable bonds is 5. The second-order valence-electron chi connectivity index (χ2n) is 3.20. The van der Waals surface area contributed by atoms with Gasteiger partial charge in [0.05, 0.1) is 0 Å². The molecule has 0 saturated carbocycles. The Balaban J connectivity index is 3.32. The van der Waals surface area contributed by atoms with Gasteiger partial charge in [-0.2, -0.15) is 0 Å². The summed E-state index contributed by atoms with van der Waals surface area (Å²) < 4.78 is 0. The maximum Gasteiger partial charge on any atom is -0.0290 e. The molecule has 0 rings (SSSR count). The van der Waals surface area contributed by atoms with Gasteiger partial charge in [0.25, 0.3) is 0 Å². The van der Waals surface area contributed by atoms with Crippen molar-refractivity contribution in [3.8, 4) is 0 Å².